The Labute approximate surface area is 142 Å². The van der Waals surface area contributed by atoms with E-state index in [1.165, 1.54) is 7.11 Å². The van der Waals surface area contributed by atoms with Gasteiger partial charge in [-0.1, -0.05) is 48.0 Å². The molecule has 124 valence electrons. The SMILES string of the molecule is COC(=O)[C@H]1C[C@@H](O)CCN1C/C=C/C=C/c1ccc(Cl)cc1. The lowest BCUT2D eigenvalue weighted by Crippen LogP contribution is -2.49. The van der Waals surface area contributed by atoms with Crippen LogP contribution in [-0.4, -0.2) is 48.3 Å². The normalized spacial score (nSPS) is 22.7. The predicted molar refractivity (Wildman–Crippen MR) is 92.2 cm³/mol. The van der Waals surface area contributed by atoms with Gasteiger partial charge in [0.05, 0.1) is 13.2 Å². The molecule has 5 heteroatoms. The number of halogens is 1. The third-order valence-corrected chi connectivity index (χ3v) is 4.16. The number of benzene rings is 1. The van der Waals surface area contributed by atoms with Crippen LogP contribution in [0, 0.1) is 0 Å². The molecule has 2 rings (SSSR count). The van der Waals surface area contributed by atoms with E-state index < -0.39 is 6.10 Å². The molecule has 1 heterocycles. The molecule has 0 amide bonds. The van der Waals surface area contributed by atoms with Gasteiger partial charge in [0.2, 0.25) is 0 Å². The summed E-state index contributed by atoms with van der Waals surface area (Å²) in [6, 6.07) is 7.24. The van der Waals surface area contributed by atoms with Gasteiger partial charge in [-0.05, 0) is 30.5 Å². The first-order valence-corrected chi connectivity index (χ1v) is 8.06. The third kappa shape index (κ3) is 5.50. The first-order chi connectivity index (χ1) is 11.1. The number of piperidine rings is 1. The monoisotopic (exact) mass is 335 g/mol. The number of likely N-dealkylation sites (tertiary alicyclic amines) is 1. The summed E-state index contributed by atoms with van der Waals surface area (Å²) in [6.45, 7) is 1.34. The van der Waals surface area contributed by atoms with E-state index in [0.717, 1.165) is 10.6 Å². The topological polar surface area (TPSA) is 49.8 Å². The Morgan fingerprint density at radius 3 is 2.83 bits per heavy atom. The van der Waals surface area contributed by atoms with Crippen molar-refractivity contribution >= 4 is 23.6 Å². The molecule has 1 aliphatic rings. The second-order valence-corrected chi connectivity index (χ2v) is 5.99. The minimum Gasteiger partial charge on any atom is -0.468 e. The summed E-state index contributed by atoms with van der Waals surface area (Å²) >= 11 is 5.84. The summed E-state index contributed by atoms with van der Waals surface area (Å²) in [6.07, 6.45) is 8.58. The quantitative estimate of drug-likeness (QED) is 0.664. The number of rotatable bonds is 5. The van der Waals surface area contributed by atoms with Crippen molar-refractivity contribution in [3.8, 4) is 0 Å². The van der Waals surface area contributed by atoms with Crippen LogP contribution in [0.5, 0.6) is 0 Å². The van der Waals surface area contributed by atoms with Crippen LogP contribution in [0.2, 0.25) is 5.02 Å². The van der Waals surface area contributed by atoms with Gasteiger partial charge in [-0.25, -0.2) is 0 Å². The summed E-state index contributed by atoms with van der Waals surface area (Å²) < 4.78 is 4.82. The number of ether oxygens (including phenoxy) is 1. The van der Waals surface area contributed by atoms with E-state index in [-0.39, 0.29) is 12.0 Å². The van der Waals surface area contributed by atoms with Crippen LogP contribution in [0.3, 0.4) is 0 Å². The fourth-order valence-electron chi connectivity index (χ4n) is 2.61. The number of hydrogen-bond donors (Lipinski definition) is 1. The molecule has 0 saturated carbocycles. The largest absolute Gasteiger partial charge is 0.468 e. The molecule has 0 aliphatic carbocycles. The number of nitrogens with zero attached hydrogens (tertiary/aromatic N) is 1. The molecule has 0 radical (unpaired) electrons. The zero-order valence-electron chi connectivity index (χ0n) is 13.2. The van der Waals surface area contributed by atoms with Gasteiger partial charge in [0, 0.05) is 18.1 Å². The van der Waals surface area contributed by atoms with Crippen molar-refractivity contribution in [2.75, 3.05) is 20.2 Å². The molecule has 23 heavy (non-hydrogen) atoms. The fraction of sp³-hybridized carbons (Fsp3) is 0.389. The highest BCUT2D eigenvalue weighted by Gasteiger charge is 2.32. The molecule has 0 bridgehead atoms. The highest BCUT2D eigenvalue weighted by atomic mass is 35.5. The van der Waals surface area contributed by atoms with Gasteiger partial charge in [-0.3, -0.25) is 9.69 Å². The second kappa shape index (κ2) is 8.87. The molecule has 0 spiro atoms. The number of carbonyl (C=O) groups is 1. The molecule has 1 saturated heterocycles. The van der Waals surface area contributed by atoms with Crippen molar-refractivity contribution in [2.24, 2.45) is 0 Å². The maximum absolute atomic E-state index is 11.8. The maximum atomic E-state index is 11.8. The minimum atomic E-state index is -0.427. The number of allylic oxidation sites excluding steroid dienone is 2. The van der Waals surface area contributed by atoms with E-state index in [9.17, 15) is 9.90 Å². The van der Waals surface area contributed by atoms with Crippen LogP contribution >= 0.6 is 11.6 Å². The standard InChI is InChI=1S/C18H22ClNO3/c1-23-18(22)17-13-16(21)10-12-20(17)11-4-2-3-5-14-6-8-15(19)9-7-14/h2-9,16-17,21H,10-13H2,1H3/b4-2+,5-3+/t16-,17+/m0/s1. The zero-order chi connectivity index (χ0) is 16.7. The predicted octanol–water partition coefficient (Wildman–Crippen LogP) is 2.91. The lowest BCUT2D eigenvalue weighted by atomic mass is 9.99. The summed E-state index contributed by atoms with van der Waals surface area (Å²) in [5, 5.41) is 10.4. The van der Waals surface area contributed by atoms with Gasteiger partial charge < -0.3 is 9.84 Å². The number of methoxy groups -OCH3 is 1. The lowest BCUT2D eigenvalue weighted by Gasteiger charge is -2.35. The van der Waals surface area contributed by atoms with Gasteiger partial charge in [0.1, 0.15) is 6.04 Å². The minimum absolute atomic E-state index is 0.283. The Kier molecular flexibility index (Phi) is 6.84. The molecule has 1 N–H and O–H groups in total. The fourth-order valence-corrected chi connectivity index (χ4v) is 2.74. The summed E-state index contributed by atoms with van der Waals surface area (Å²) in [4.78, 5) is 13.8. The molecule has 2 atom stereocenters. The van der Waals surface area contributed by atoms with Crippen LogP contribution in [0.4, 0.5) is 0 Å². The van der Waals surface area contributed by atoms with E-state index in [0.29, 0.717) is 25.9 Å². The van der Waals surface area contributed by atoms with E-state index in [1.54, 1.807) is 0 Å². The third-order valence-electron chi connectivity index (χ3n) is 3.90. The van der Waals surface area contributed by atoms with E-state index in [4.69, 9.17) is 16.3 Å². The van der Waals surface area contributed by atoms with E-state index in [2.05, 4.69) is 0 Å². The van der Waals surface area contributed by atoms with Crippen molar-refractivity contribution in [2.45, 2.75) is 25.0 Å². The number of hydrogen-bond acceptors (Lipinski definition) is 4. The molecule has 4 nitrogen and oxygen atoms in total. The van der Waals surface area contributed by atoms with Crippen LogP contribution in [0.1, 0.15) is 18.4 Å². The second-order valence-electron chi connectivity index (χ2n) is 5.55. The molecule has 0 unspecified atom stereocenters. The number of aliphatic hydroxyl groups is 1. The van der Waals surface area contributed by atoms with Gasteiger partial charge >= 0.3 is 5.97 Å². The molecule has 1 aliphatic heterocycles. The average molecular weight is 336 g/mol. The van der Waals surface area contributed by atoms with E-state index in [1.807, 2.05) is 53.5 Å². The van der Waals surface area contributed by atoms with Crippen molar-refractivity contribution < 1.29 is 14.6 Å². The highest BCUT2D eigenvalue weighted by molar-refractivity contribution is 6.30. The number of carbonyl (C=O) groups excluding carboxylic acids is 1. The molecule has 0 aromatic heterocycles. The smallest absolute Gasteiger partial charge is 0.323 e. The lowest BCUT2D eigenvalue weighted by molar-refractivity contribution is -0.149. The Morgan fingerprint density at radius 2 is 2.13 bits per heavy atom. The molecule has 1 aromatic carbocycles. The van der Waals surface area contributed by atoms with Crippen LogP contribution in [0.25, 0.3) is 6.08 Å². The van der Waals surface area contributed by atoms with Gasteiger partial charge in [0.25, 0.3) is 0 Å². The van der Waals surface area contributed by atoms with Crippen molar-refractivity contribution in [3.05, 3.63) is 53.1 Å². The van der Waals surface area contributed by atoms with Crippen LogP contribution in [-0.2, 0) is 9.53 Å². The highest BCUT2D eigenvalue weighted by Crippen LogP contribution is 2.18. The van der Waals surface area contributed by atoms with Gasteiger partial charge in [-0.2, -0.15) is 0 Å². The Hall–Kier alpha value is -1.62. The number of aliphatic hydroxyl groups excluding tert-OH is 1. The van der Waals surface area contributed by atoms with Crippen LogP contribution < -0.4 is 0 Å². The first kappa shape index (κ1) is 17.7. The molecule has 1 fully saturated rings. The molecule has 1 aromatic rings. The first-order valence-electron chi connectivity index (χ1n) is 7.69. The summed E-state index contributed by atoms with van der Waals surface area (Å²) in [7, 11) is 1.38. The van der Waals surface area contributed by atoms with Crippen molar-refractivity contribution in [3.63, 3.8) is 0 Å². The molecular formula is C18H22ClNO3. The average Bonchev–Trinajstić information content (AvgIpc) is 2.56. The van der Waals surface area contributed by atoms with Crippen LogP contribution in [0.15, 0.2) is 42.5 Å². The maximum Gasteiger partial charge on any atom is 0.323 e. The zero-order valence-corrected chi connectivity index (χ0v) is 13.9. The number of esters is 1. The van der Waals surface area contributed by atoms with Crippen molar-refractivity contribution in [1.82, 2.24) is 4.90 Å². The van der Waals surface area contributed by atoms with E-state index >= 15 is 0 Å². The Balaban J connectivity index is 1.87. The molecular weight excluding hydrogens is 314 g/mol. The van der Waals surface area contributed by atoms with Gasteiger partial charge in [-0.15, -0.1) is 0 Å². The summed E-state index contributed by atoms with van der Waals surface area (Å²) in [5.74, 6) is -0.283. The summed E-state index contributed by atoms with van der Waals surface area (Å²) in [5.41, 5.74) is 1.08. The Bertz CT molecular complexity index is 568. The Morgan fingerprint density at radius 1 is 1.39 bits per heavy atom. The van der Waals surface area contributed by atoms with Gasteiger partial charge in [0.15, 0.2) is 0 Å². The van der Waals surface area contributed by atoms with Crippen molar-refractivity contribution in [1.29, 1.82) is 0 Å².